The predicted molar refractivity (Wildman–Crippen MR) is 140 cm³/mol. The molecular weight excluding hydrogens is 537 g/mol. The van der Waals surface area contributed by atoms with Crippen molar-refractivity contribution in [1.29, 1.82) is 0 Å². The molecule has 3 unspecified atom stereocenters. The number of nitrogens with zero attached hydrogens (tertiary/aromatic N) is 5. The first-order valence-corrected chi connectivity index (χ1v) is 12.2. The second-order valence-corrected chi connectivity index (χ2v) is 9.61. The van der Waals surface area contributed by atoms with Crippen molar-refractivity contribution in [3.8, 4) is 0 Å². The van der Waals surface area contributed by atoms with Gasteiger partial charge in [0.1, 0.15) is 12.4 Å². The van der Waals surface area contributed by atoms with Crippen LogP contribution in [0.3, 0.4) is 0 Å². The van der Waals surface area contributed by atoms with Crippen LogP contribution in [0.4, 0.5) is 0 Å². The Labute approximate surface area is 212 Å². The molecule has 4 rings (SSSR count). The van der Waals surface area contributed by atoms with E-state index in [4.69, 9.17) is 9.73 Å². The number of thiophene rings is 1. The lowest BCUT2D eigenvalue weighted by molar-refractivity contribution is 0.113. The molecule has 8 nitrogen and oxygen atoms in total. The maximum Gasteiger partial charge on any atom is 0.191 e. The number of aromatic nitrogens is 3. The van der Waals surface area contributed by atoms with Crippen LogP contribution in [0.2, 0.25) is 0 Å². The molecule has 2 aromatic heterocycles. The van der Waals surface area contributed by atoms with Gasteiger partial charge in [-0.05, 0) is 63.6 Å². The maximum atomic E-state index is 5.79. The largest absolute Gasteiger partial charge is 0.376 e. The molecule has 0 saturated carbocycles. The summed E-state index contributed by atoms with van der Waals surface area (Å²) >= 11 is 1.86. The van der Waals surface area contributed by atoms with Crippen molar-refractivity contribution >= 4 is 41.3 Å². The monoisotopic (exact) mass is 573 g/mol. The third-order valence-corrected chi connectivity index (χ3v) is 7.40. The van der Waals surface area contributed by atoms with Crippen LogP contribution >= 0.6 is 35.3 Å². The van der Waals surface area contributed by atoms with Crippen LogP contribution in [0.5, 0.6) is 0 Å². The van der Waals surface area contributed by atoms with Crippen LogP contribution in [-0.4, -0.2) is 65.0 Å². The van der Waals surface area contributed by atoms with Gasteiger partial charge in [0.2, 0.25) is 0 Å². The van der Waals surface area contributed by atoms with E-state index in [0.717, 1.165) is 56.7 Å². The summed E-state index contributed by atoms with van der Waals surface area (Å²) in [6, 6.07) is 4.89. The molecule has 2 aliphatic rings. The van der Waals surface area contributed by atoms with Gasteiger partial charge >= 0.3 is 0 Å². The van der Waals surface area contributed by atoms with Gasteiger partial charge in [0.25, 0.3) is 0 Å². The number of halogens is 1. The Kier molecular flexibility index (Phi) is 9.75. The highest BCUT2D eigenvalue weighted by atomic mass is 127. The minimum absolute atomic E-state index is 0. The minimum Gasteiger partial charge on any atom is -0.376 e. The first-order valence-electron chi connectivity index (χ1n) is 11.3. The van der Waals surface area contributed by atoms with Gasteiger partial charge in [-0.3, -0.25) is 4.90 Å². The zero-order chi connectivity index (χ0) is 21.6. The fourth-order valence-electron chi connectivity index (χ4n) is 4.54. The van der Waals surface area contributed by atoms with E-state index in [-0.39, 0.29) is 30.1 Å². The summed E-state index contributed by atoms with van der Waals surface area (Å²) in [7, 11) is 4.23. The number of ether oxygens (including phenoxy) is 1. The number of likely N-dealkylation sites (tertiary alicyclic amines) is 1. The Hall–Kier alpha value is -1.24. The van der Waals surface area contributed by atoms with Gasteiger partial charge in [0.15, 0.2) is 11.8 Å². The second kappa shape index (κ2) is 12.3. The molecule has 2 N–H and O–H groups in total. The van der Waals surface area contributed by atoms with Crippen molar-refractivity contribution in [3.05, 3.63) is 34.0 Å². The van der Waals surface area contributed by atoms with Crippen molar-refractivity contribution in [2.24, 2.45) is 18.0 Å². The molecule has 3 atom stereocenters. The van der Waals surface area contributed by atoms with Crippen LogP contribution in [0.15, 0.2) is 22.5 Å². The van der Waals surface area contributed by atoms with Crippen LogP contribution in [0.25, 0.3) is 0 Å². The fourth-order valence-corrected chi connectivity index (χ4v) is 5.52. The van der Waals surface area contributed by atoms with Crippen molar-refractivity contribution in [2.75, 3.05) is 33.3 Å². The molecule has 0 radical (unpaired) electrons. The molecule has 0 amide bonds. The highest BCUT2D eigenvalue weighted by molar-refractivity contribution is 14.0. The van der Waals surface area contributed by atoms with E-state index < -0.39 is 0 Å². The van der Waals surface area contributed by atoms with E-state index in [9.17, 15) is 0 Å². The minimum atomic E-state index is 0. The molecule has 2 saturated heterocycles. The Morgan fingerprint density at radius 3 is 2.75 bits per heavy atom. The van der Waals surface area contributed by atoms with Gasteiger partial charge in [-0.2, -0.15) is 0 Å². The number of hydrogen-bond donors (Lipinski definition) is 2. The molecular formula is C22H36IN7OS. The lowest BCUT2D eigenvalue weighted by atomic mass is 9.88. The van der Waals surface area contributed by atoms with Crippen LogP contribution in [0, 0.1) is 12.8 Å². The van der Waals surface area contributed by atoms with Gasteiger partial charge in [0.05, 0.1) is 6.10 Å². The molecule has 4 heterocycles. The lowest BCUT2D eigenvalue weighted by Crippen LogP contribution is -2.46. The summed E-state index contributed by atoms with van der Waals surface area (Å²) in [6.45, 7) is 6.14. The van der Waals surface area contributed by atoms with Crippen molar-refractivity contribution < 1.29 is 4.74 Å². The summed E-state index contributed by atoms with van der Waals surface area (Å²) in [6.07, 6.45) is 4.97. The molecule has 0 bridgehead atoms. The van der Waals surface area contributed by atoms with E-state index in [2.05, 4.69) is 50.3 Å². The van der Waals surface area contributed by atoms with Crippen LogP contribution < -0.4 is 10.6 Å². The average Bonchev–Trinajstić information content (AvgIpc) is 3.53. The Morgan fingerprint density at radius 1 is 1.22 bits per heavy atom. The number of guanidine groups is 1. The quantitative estimate of drug-likeness (QED) is 0.301. The van der Waals surface area contributed by atoms with E-state index in [1.54, 1.807) is 0 Å². The number of rotatable bonds is 7. The highest BCUT2D eigenvalue weighted by Crippen LogP contribution is 2.36. The zero-order valence-electron chi connectivity index (χ0n) is 19.3. The third-order valence-electron chi connectivity index (χ3n) is 6.46. The third kappa shape index (κ3) is 6.42. The molecule has 2 aliphatic heterocycles. The van der Waals surface area contributed by atoms with Gasteiger partial charge < -0.3 is 19.9 Å². The molecule has 2 fully saturated rings. The van der Waals surface area contributed by atoms with E-state index in [1.165, 1.54) is 17.7 Å². The molecule has 32 heavy (non-hydrogen) atoms. The number of piperidine rings is 1. The Bertz CT molecular complexity index is 851. The van der Waals surface area contributed by atoms with E-state index >= 15 is 0 Å². The predicted octanol–water partition coefficient (Wildman–Crippen LogP) is 3.10. The SMILES string of the molecule is Cc1nnc(CN=C(NCC2CCCO2)NCC2CCCN(C)C2c2cccs2)n1C.I. The summed E-state index contributed by atoms with van der Waals surface area (Å²) in [5, 5.41) is 17.7. The molecule has 0 aliphatic carbocycles. The summed E-state index contributed by atoms with van der Waals surface area (Å²) in [5.74, 6) is 3.14. The normalized spacial score (nSPS) is 24.3. The first kappa shape index (κ1) is 25.4. The number of aliphatic imine (C=N–C) groups is 1. The summed E-state index contributed by atoms with van der Waals surface area (Å²) in [5.41, 5.74) is 0. The van der Waals surface area contributed by atoms with E-state index in [0.29, 0.717) is 18.5 Å². The molecule has 0 spiro atoms. The van der Waals surface area contributed by atoms with Crippen molar-refractivity contribution in [3.63, 3.8) is 0 Å². The Balaban J connectivity index is 0.00000289. The first-order chi connectivity index (χ1) is 15.1. The molecule has 2 aromatic rings. The summed E-state index contributed by atoms with van der Waals surface area (Å²) < 4.78 is 7.78. The van der Waals surface area contributed by atoms with Crippen LogP contribution in [-0.2, 0) is 18.3 Å². The van der Waals surface area contributed by atoms with Gasteiger partial charge in [-0.25, -0.2) is 4.99 Å². The topological polar surface area (TPSA) is 79.6 Å². The van der Waals surface area contributed by atoms with Crippen molar-refractivity contribution in [2.45, 2.75) is 51.3 Å². The second-order valence-electron chi connectivity index (χ2n) is 8.63. The Morgan fingerprint density at radius 2 is 2.06 bits per heavy atom. The number of aryl methyl sites for hydroxylation is 1. The fraction of sp³-hybridized carbons (Fsp3) is 0.682. The molecule has 178 valence electrons. The summed E-state index contributed by atoms with van der Waals surface area (Å²) in [4.78, 5) is 8.78. The number of nitrogens with one attached hydrogen (secondary N) is 2. The lowest BCUT2D eigenvalue weighted by Gasteiger charge is -2.39. The average molecular weight is 574 g/mol. The maximum absolute atomic E-state index is 5.79. The van der Waals surface area contributed by atoms with Crippen LogP contribution in [0.1, 0.15) is 48.3 Å². The van der Waals surface area contributed by atoms with Gasteiger partial charge in [-0.15, -0.1) is 45.5 Å². The smallest absolute Gasteiger partial charge is 0.191 e. The van der Waals surface area contributed by atoms with Gasteiger partial charge in [0, 0.05) is 37.7 Å². The number of hydrogen-bond acceptors (Lipinski definition) is 6. The van der Waals surface area contributed by atoms with Crippen molar-refractivity contribution in [1.82, 2.24) is 30.3 Å². The van der Waals surface area contributed by atoms with E-state index in [1.807, 2.05) is 29.9 Å². The zero-order valence-corrected chi connectivity index (χ0v) is 22.4. The standard InChI is InChI=1S/C22H35N7OS.HI/c1-16-26-27-20(29(16)3)15-25-22(24-14-18-8-5-11-30-18)23-13-17-7-4-10-28(2)21(17)19-9-6-12-31-19;/h6,9,12,17-18,21H,4-5,7-8,10-11,13-15H2,1-3H3,(H2,23,24,25);1H. The molecule has 10 heteroatoms. The van der Waals surface area contributed by atoms with Gasteiger partial charge in [-0.1, -0.05) is 6.07 Å². The highest BCUT2D eigenvalue weighted by Gasteiger charge is 2.31. The molecule has 0 aromatic carbocycles.